The minimum Gasteiger partial charge on any atom is -0.487 e. The zero-order valence-electron chi connectivity index (χ0n) is 20.1. The van der Waals surface area contributed by atoms with Crippen LogP contribution in [-0.2, 0) is 16.6 Å². The Morgan fingerprint density at radius 2 is 1.80 bits per heavy atom. The van der Waals surface area contributed by atoms with Gasteiger partial charge < -0.3 is 4.74 Å². The molecule has 10 heteroatoms. The van der Waals surface area contributed by atoms with Gasteiger partial charge in [-0.15, -0.1) is 10.2 Å². The van der Waals surface area contributed by atoms with Crippen molar-refractivity contribution in [2.45, 2.75) is 39.2 Å². The summed E-state index contributed by atoms with van der Waals surface area (Å²) in [5.41, 5.74) is 4.26. The lowest BCUT2D eigenvalue weighted by Gasteiger charge is -2.28. The van der Waals surface area contributed by atoms with Gasteiger partial charge in [-0.25, -0.2) is 8.42 Å². The number of benzene rings is 2. The Hall–Kier alpha value is -3.79. The van der Waals surface area contributed by atoms with Crippen molar-refractivity contribution in [3.63, 3.8) is 0 Å². The number of aryl methyl sites for hydroxylation is 2. The fourth-order valence-corrected chi connectivity index (χ4v) is 5.16. The van der Waals surface area contributed by atoms with E-state index in [0.29, 0.717) is 23.8 Å². The van der Waals surface area contributed by atoms with E-state index in [4.69, 9.17) is 4.74 Å². The molecule has 0 unspecified atom stereocenters. The highest BCUT2D eigenvalue weighted by Gasteiger charge is 2.29. The molecule has 0 amide bonds. The molecule has 0 fully saturated rings. The number of nitrogens with one attached hydrogen (secondary N) is 1. The van der Waals surface area contributed by atoms with Crippen molar-refractivity contribution in [3.05, 3.63) is 77.6 Å². The van der Waals surface area contributed by atoms with Crippen LogP contribution >= 0.6 is 0 Å². The molecule has 0 spiro atoms. The summed E-state index contributed by atoms with van der Waals surface area (Å²) in [6.07, 6.45) is 2.93. The fraction of sp³-hybridized carbons (Fsp3) is 0.280. The molecule has 9 nitrogen and oxygen atoms in total. The molecular weight excluding hydrogens is 464 g/mol. The summed E-state index contributed by atoms with van der Waals surface area (Å²) in [6.45, 7) is 8.48. The van der Waals surface area contributed by atoms with Gasteiger partial charge in [0, 0.05) is 24.5 Å². The monoisotopic (exact) mass is 492 g/mol. The maximum Gasteiger partial charge on any atom is 0.265 e. The van der Waals surface area contributed by atoms with Crippen LogP contribution in [0, 0.1) is 19.8 Å². The van der Waals surface area contributed by atoms with Gasteiger partial charge in [0.25, 0.3) is 10.0 Å². The SMILES string of the molecule is Cc1cc(OCc2ccc(-c3nn[nH]n3)cc2)c(N(CC(C)C)S(=O)(=O)c2cccnc2)cc1C. The number of sulfonamides is 1. The Kier molecular flexibility index (Phi) is 7.11. The molecule has 4 rings (SSSR count). The Morgan fingerprint density at radius 3 is 2.43 bits per heavy atom. The number of hydrogen-bond acceptors (Lipinski definition) is 7. The van der Waals surface area contributed by atoms with Gasteiger partial charge in [-0.3, -0.25) is 9.29 Å². The van der Waals surface area contributed by atoms with Crippen LogP contribution in [0.4, 0.5) is 5.69 Å². The number of ether oxygens (including phenoxy) is 1. The van der Waals surface area contributed by atoms with Crippen LogP contribution in [0.2, 0.25) is 0 Å². The minimum absolute atomic E-state index is 0.0913. The van der Waals surface area contributed by atoms with E-state index >= 15 is 0 Å². The highest BCUT2D eigenvalue weighted by atomic mass is 32.2. The highest BCUT2D eigenvalue weighted by Crippen LogP contribution is 2.36. The first kappa shape index (κ1) is 24.3. The average Bonchev–Trinajstić information content (AvgIpc) is 3.39. The number of aromatic amines is 1. The van der Waals surface area contributed by atoms with Crippen molar-refractivity contribution in [3.8, 4) is 17.1 Å². The van der Waals surface area contributed by atoms with Crippen molar-refractivity contribution in [2.75, 3.05) is 10.8 Å². The predicted octanol–water partition coefficient (Wildman–Crippen LogP) is 4.31. The van der Waals surface area contributed by atoms with E-state index in [1.54, 1.807) is 18.3 Å². The molecule has 0 radical (unpaired) electrons. The second-order valence-corrected chi connectivity index (χ2v) is 10.6. The molecule has 4 aromatic rings. The average molecular weight is 493 g/mol. The van der Waals surface area contributed by atoms with Crippen LogP contribution in [0.1, 0.15) is 30.5 Å². The zero-order chi connectivity index (χ0) is 25.0. The van der Waals surface area contributed by atoms with Crippen LogP contribution in [0.15, 0.2) is 65.8 Å². The summed E-state index contributed by atoms with van der Waals surface area (Å²) in [6, 6.07) is 14.6. The summed E-state index contributed by atoms with van der Waals surface area (Å²) in [5, 5.41) is 14.0. The number of pyridine rings is 1. The molecule has 0 bridgehead atoms. The highest BCUT2D eigenvalue weighted by molar-refractivity contribution is 7.92. The summed E-state index contributed by atoms with van der Waals surface area (Å²) >= 11 is 0. The summed E-state index contributed by atoms with van der Waals surface area (Å²) < 4.78 is 34.9. The van der Waals surface area contributed by atoms with E-state index < -0.39 is 10.0 Å². The summed E-state index contributed by atoms with van der Waals surface area (Å²) in [4.78, 5) is 4.15. The number of H-pyrrole nitrogens is 1. The predicted molar refractivity (Wildman–Crippen MR) is 133 cm³/mol. The smallest absolute Gasteiger partial charge is 0.265 e. The van der Waals surface area contributed by atoms with Gasteiger partial charge in [0.2, 0.25) is 5.82 Å². The summed E-state index contributed by atoms with van der Waals surface area (Å²) in [7, 11) is -3.85. The van der Waals surface area contributed by atoms with Gasteiger partial charge >= 0.3 is 0 Å². The number of nitrogens with zero attached hydrogens (tertiary/aromatic N) is 5. The first-order valence-corrected chi connectivity index (χ1v) is 12.7. The van der Waals surface area contributed by atoms with Gasteiger partial charge in [0.1, 0.15) is 17.3 Å². The van der Waals surface area contributed by atoms with Gasteiger partial charge in [0.05, 0.1) is 5.69 Å². The third-order valence-electron chi connectivity index (χ3n) is 5.55. The van der Waals surface area contributed by atoms with Crippen LogP contribution in [0.5, 0.6) is 5.75 Å². The molecule has 0 aliphatic heterocycles. The molecule has 2 aromatic heterocycles. The Bertz CT molecular complexity index is 1370. The number of hydrogen-bond donors (Lipinski definition) is 1. The maximum absolute atomic E-state index is 13.7. The Morgan fingerprint density at radius 1 is 1.06 bits per heavy atom. The number of anilines is 1. The van der Waals surface area contributed by atoms with Gasteiger partial charge in [-0.05, 0) is 65.9 Å². The van der Waals surface area contributed by atoms with E-state index in [2.05, 4.69) is 25.6 Å². The minimum atomic E-state index is -3.85. The lowest BCUT2D eigenvalue weighted by molar-refractivity contribution is 0.306. The second-order valence-electron chi connectivity index (χ2n) is 8.74. The van der Waals surface area contributed by atoms with E-state index in [9.17, 15) is 8.42 Å². The second kappa shape index (κ2) is 10.2. The van der Waals surface area contributed by atoms with E-state index in [1.807, 2.05) is 64.1 Å². The maximum atomic E-state index is 13.7. The van der Waals surface area contributed by atoms with Crippen molar-refractivity contribution < 1.29 is 13.2 Å². The molecule has 0 saturated carbocycles. The third-order valence-corrected chi connectivity index (χ3v) is 7.31. The quantitative estimate of drug-likeness (QED) is 0.370. The summed E-state index contributed by atoms with van der Waals surface area (Å²) in [5.74, 6) is 1.11. The first-order valence-electron chi connectivity index (χ1n) is 11.3. The Labute approximate surface area is 205 Å². The lowest BCUT2D eigenvalue weighted by atomic mass is 10.1. The first-order chi connectivity index (χ1) is 16.8. The molecule has 2 heterocycles. The van der Waals surface area contributed by atoms with E-state index in [1.165, 1.54) is 10.5 Å². The molecule has 0 aliphatic rings. The molecule has 0 atom stereocenters. The van der Waals surface area contributed by atoms with Crippen molar-refractivity contribution >= 4 is 15.7 Å². The standard InChI is InChI=1S/C25H28N6O3S/c1-17(2)15-31(35(32,33)22-6-5-11-26-14-22)23-12-18(3)19(4)13-24(23)34-16-20-7-9-21(10-8-20)25-27-29-30-28-25/h5-14,17H,15-16H2,1-4H3,(H,27,28,29,30). The number of aromatic nitrogens is 5. The zero-order valence-corrected chi connectivity index (χ0v) is 21.0. The molecule has 35 heavy (non-hydrogen) atoms. The molecule has 0 saturated heterocycles. The number of rotatable bonds is 9. The topological polar surface area (TPSA) is 114 Å². The van der Waals surface area contributed by atoms with Gasteiger partial charge in [0.15, 0.2) is 0 Å². The van der Waals surface area contributed by atoms with Crippen molar-refractivity contribution in [1.82, 2.24) is 25.6 Å². The molecule has 182 valence electrons. The van der Waals surface area contributed by atoms with Crippen LogP contribution < -0.4 is 9.04 Å². The molecule has 1 N–H and O–H groups in total. The Balaban J connectivity index is 1.67. The van der Waals surface area contributed by atoms with Crippen molar-refractivity contribution in [2.24, 2.45) is 5.92 Å². The van der Waals surface area contributed by atoms with Crippen LogP contribution in [-0.4, -0.2) is 40.6 Å². The molecule has 2 aromatic carbocycles. The molecular formula is C25H28N6O3S. The molecule has 0 aliphatic carbocycles. The van der Waals surface area contributed by atoms with Crippen molar-refractivity contribution in [1.29, 1.82) is 0 Å². The third kappa shape index (κ3) is 5.48. The van der Waals surface area contributed by atoms with Gasteiger partial charge in [-0.1, -0.05) is 38.1 Å². The normalized spacial score (nSPS) is 11.6. The van der Waals surface area contributed by atoms with Gasteiger partial charge in [-0.2, -0.15) is 5.21 Å². The van der Waals surface area contributed by atoms with Crippen LogP contribution in [0.25, 0.3) is 11.4 Å². The number of tetrazole rings is 1. The van der Waals surface area contributed by atoms with Crippen LogP contribution in [0.3, 0.4) is 0 Å². The van der Waals surface area contributed by atoms with E-state index in [0.717, 1.165) is 22.3 Å². The fourth-order valence-electron chi connectivity index (χ4n) is 3.56. The van der Waals surface area contributed by atoms with E-state index in [-0.39, 0.29) is 17.4 Å². The lowest BCUT2D eigenvalue weighted by Crippen LogP contribution is -2.34. The largest absolute Gasteiger partial charge is 0.487 e.